The van der Waals surface area contributed by atoms with Crippen LogP contribution < -0.4 is 10.6 Å². The van der Waals surface area contributed by atoms with Crippen LogP contribution in [0.1, 0.15) is 5.56 Å². The van der Waals surface area contributed by atoms with Crippen molar-refractivity contribution in [1.82, 2.24) is 9.97 Å². The lowest BCUT2D eigenvalue weighted by Gasteiger charge is -2.09. The summed E-state index contributed by atoms with van der Waals surface area (Å²) >= 11 is 1.49. The number of benzene rings is 1. The molecule has 2 aromatic heterocycles. The van der Waals surface area contributed by atoms with Gasteiger partial charge in [0.15, 0.2) is 0 Å². The predicted octanol–water partition coefficient (Wildman–Crippen LogP) is 3.58. The molecule has 7 heteroatoms. The molecular weight excluding hydrogens is 315 g/mol. The van der Waals surface area contributed by atoms with Gasteiger partial charge in [0.05, 0.1) is 23.5 Å². The quantitative estimate of drug-likeness (QED) is 0.755. The largest absolute Gasteiger partial charge is 0.324 e. The van der Waals surface area contributed by atoms with Gasteiger partial charge in [0.25, 0.3) is 0 Å². The van der Waals surface area contributed by atoms with E-state index < -0.39 is 0 Å². The number of nitrogens with one attached hydrogen (secondary N) is 2. The number of amides is 1. The zero-order valence-electron chi connectivity index (χ0n) is 11.8. The molecule has 0 bridgehead atoms. The Morgan fingerprint density at radius 3 is 3.00 bits per heavy atom. The summed E-state index contributed by atoms with van der Waals surface area (Å²) in [6.45, 7) is 0. The predicted molar refractivity (Wildman–Crippen MR) is 87.4 cm³/mol. The van der Waals surface area contributed by atoms with Crippen LogP contribution in [0.2, 0.25) is 0 Å². The Balaban J connectivity index is 1.77. The molecule has 2 N–H and O–H groups in total. The smallest absolute Gasteiger partial charge is 0.228 e. The average Bonchev–Trinajstić information content (AvgIpc) is 2.94. The number of carbonyl (C=O) groups is 1. The number of halogens is 1. The highest BCUT2D eigenvalue weighted by Gasteiger charge is 2.21. The number of hydrogen-bond acceptors (Lipinski definition) is 5. The zero-order chi connectivity index (χ0) is 15.8. The van der Waals surface area contributed by atoms with Gasteiger partial charge in [-0.3, -0.25) is 4.79 Å². The number of para-hydroxylation sites is 1. The number of hydrogen-bond donors (Lipinski definition) is 2. The molecule has 1 aliphatic rings. The van der Waals surface area contributed by atoms with Gasteiger partial charge in [0.2, 0.25) is 11.9 Å². The number of carbonyl (C=O) groups excluding carboxylic acids is 1. The third-order valence-electron chi connectivity index (χ3n) is 3.53. The van der Waals surface area contributed by atoms with Crippen molar-refractivity contribution in [3.8, 4) is 11.3 Å². The van der Waals surface area contributed by atoms with Gasteiger partial charge in [-0.2, -0.15) is 0 Å². The Labute approximate surface area is 135 Å². The highest BCUT2D eigenvalue weighted by atomic mass is 32.1. The molecule has 0 fully saturated rings. The summed E-state index contributed by atoms with van der Waals surface area (Å²) in [4.78, 5) is 20.6. The fraction of sp³-hybridized carbons (Fsp3) is 0.0625. The van der Waals surface area contributed by atoms with E-state index in [1.807, 2.05) is 10.8 Å². The van der Waals surface area contributed by atoms with E-state index in [2.05, 4.69) is 20.6 Å². The Morgan fingerprint density at radius 1 is 1.26 bits per heavy atom. The number of thiophene rings is 1. The van der Waals surface area contributed by atoms with Crippen LogP contribution in [0.5, 0.6) is 0 Å². The van der Waals surface area contributed by atoms with Crippen LogP contribution in [0.3, 0.4) is 0 Å². The Kier molecular flexibility index (Phi) is 3.27. The SMILES string of the molecule is O=C1Cc2cnc(Nc3ccccc3F)nc2-c2cscc2N1. The summed E-state index contributed by atoms with van der Waals surface area (Å²) in [6, 6.07) is 6.33. The van der Waals surface area contributed by atoms with Gasteiger partial charge in [0, 0.05) is 28.1 Å². The maximum Gasteiger partial charge on any atom is 0.228 e. The number of nitrogens with zero attached hydrogens (tertiary/aromatic N) is 2. The Morgan fingerprint density at radius 2 is 2.13 bits per heavy atom. The molecule has 4 rings (SSSR count). The van der Waals surface area contributed by atoms with Gasteiger partial charge in [-0.15, -0.1) is 11.3 Å². The molecule has 5 nitrogen and oxygen atoms in total. The van der Waals surface area contributed by atoms with Crippen molar-refractivity contribution in [3.63, 3.8) is 0 Å². The van der Waals surface area contributed by atoms with Crippen molar-refractivity contribution in [2.75, 3.05) is 10.6 Å². The molecule has 0 saturated heterocycles. The Bertz CT molecular complexity index is 909. The first kappa shape index (κ1) is 13.8. The van der Waals surface area contributed by atoms with Crippen molar-refractivity contribution in [2.24, 2.45) is 0 Å². The first-order valence-electron chi connectivity index (χ1n) is 6.94. The van der Waals surface area contributed by atoms with Gasteiger partial charge >= 0.3 is 0 Å². The van der Waals surface area contributed by atoms with Crippen molar-refractivity contribution in [1.29, 1.82) is 0 Å². The van der Waals surface area contributed by atoms with Gasteiger partial charge in [0.1, 0.15) is 5.82 Å². The third-order valence-corrected chi connectivity index (χ3v) is 4.27. The number of aromatic nitrogens is 2. The third kappa shape index (κ3) is 2.55. The molecule has 0 spiro atoms. The maximum atomic E-state index is 13.7. The van der Waals surface area contributed by atoms with E-state index in [9.17, 15) is 9.18 Å². The first-order valence-corrected chi connectivity index (χ1v) is 7.89. The molecule has 0 atom stereocenters. The lowest BCUT2D eigenvalue weighted by molar-refractivity contribution is -0.115. The molecule has 0 aliphatic carbocycles. The van der Waals surface area contributed by atoms with Gasteiger partial charge in [-0.1, -0.05) is 12.1 Å². The van der Waals surface area contributed by atoms with Gasteiger partial charge < -0.3 is 10.6 Å². The van der Waals surface area contributed by atoms with Gasteiger partial charge in [-0.25, -0.2) is 14.4 Å². The van der Waals surface area contributed by atoms with E-state index >= 15 is 0 Å². The van der Waals surface area contributed by atoms with E-state index in [-0.39, 0.29) is 18.1 Å². The zero-order valence-corrected chi connectivity index (χ0v) is 12.7. The molecule has 1 aliphatic heterocycles. The van der Waals surface area contributed by atoms with E-state index in [0.29, 0.717) is 17.3 Å². The molecule has 0 saturated carbocycles. The monoisotopic (exact) mass is 326 g/mol. The fourth-order valence-electron chi connectivity index (χ4n) is 2.46. The first-order chi connectivity index (χ1) is 11.2. The van der Waals surface area contributed by atoms with Crippen LogP contribution in [0, 0.1) is 5.82 Å². The molecule has 1 aromatic carbocycles. The molecule has 114 valence electrons. The minimum absolute atomic E-state index is 0.0955. The lowest BCUT2D eigenvalue weighted by atomic mass is 10.1. The molecule has 3 heterocycles. The molecule has 0 unspecified atom stereocenters. The number of fused-ring (bicyclic) bond motifs is 3. The molecule has 23 heavy (non-hydrogen) atoms. The molecular formula is C16H11FN4OS. The second-order valence-electron chi connectivity index (χ2n) is 5.10. The summed E-state index contributed by atoms with van der Waals surface area (Å²) in [6.07, 6.45) is 1.83. The minimum atomic E-state index is -0.376. The number of anilines is 3. The normalized spacial score (nSPS) is 12.8. The van der Waals surface area contributed by atoms with Crippen molar-refractivity contribution in [3.05, 3.63) is 52.6 Å². The molecule has 1 amide bonds. The van der Waals surface area contributed by atoms with Gasteiger partial charge in [-0.05, 0) is 12.1 Å². The summed E-state index contributed by atoms with van der Waals surface area (Å²) in [5.41, 5.74) is 3.34. The van der Waals surface area contributed by atoms with Crippen LogP contribution in [-0.2, 0) is 11.2 Å². The van der Waals surface area contributed by atoms with Crippen molar-refractivity contribution < 1.29 is 9.18 Å². The lowest BCUT2D eigenvalue weighted by Crippen LogP contribution is -2.12. The Hall–Kier alpha value is -2.80. The second kappa shape index (κ2) is 5.44. The van der Waals surface area contributed by atoms with Crippen LogP contribution >= 0.6 is 11.3 Å². The maximum absolute atomic E-state index is 13.7. The summed E-state index contributed by atoms with van der Waals surface area (Å²) in [7, 11) is 0. The van der Waals surface area contributed by atoms with Crippen molar-refractivity contribution >= 4 is 34.6 Å². The van der Waals surface area contributed by atoms with E-state index in [1.54, 1.807) is 24.4 Å². The number of rotatable bonds is 2. The van der Waals surface area contributed by atoms with Crippen molar-refractivity contribution in [2.45, 2.75) is 6.42 Å². The standard InChI is InChI=1S/C16H11FN4OS/c17-11-3-1-2-4-12(11)20-16-18-6-9-5-14(22)19-13-8-23-7-10(13)15(9)21-16/h1-4,6-8H,5H2,(H,19,22)(H,18,20,21). The van der Waals surface area contributed by atoms with Crippen LogP contribution in [-0.4, -0.2) is 15.9 Å². The average molecular weight is 326 g/mol. The fourth-order valence-corrected chi connectivity index (χ4v) is 3.22. The highest BCUT2D eigenvalue weighted by molar-refractivity contribution is 7.08. The van der Waals surface area contributed by atoms with Crippen LogP contribution in [0.25, 0.3) is 11.3 Å². The van der Waals surface area contributed by atoms with E-state index in [1.165, 1.54) is 17.4 Å². The summed E-state index contributed by atoms with van der Waals surface area (Å²) in [5.74, 6) is -0.179. The summed E-state index contributed by atoms with van der Waals surface area (Å²) < 4.78 is 13.7. The molecule has 0 radical (unpaired) electrons. The van der Waals surface area contributed by atoms with Crippen LogP contribution in [0.15, 0.2) is 41.2 Å². The van der Waals surface area contributed by atoms with E-state index in [0.717, 1.165) is 16.8 Å². The highest BCUT2D eigenvalue weighted by Crippen LogP contribution is 2.35. The molecule has 3 aromatic rings. The van der Waals surface area contributed by atoms with E-state index in [4.69, 9.17) is 0 Å². The minimum Gasteiger partial charge on any atom is -0.324 e. The second-order valence-corrected chi connectivity index (χ2v) is 5.84. The topological polar surface area (TPSA) is 66.9 Å². The van der Waals surface area contributed by atoms with Crippen LogP contribution in [0.4, 0.5) is 21.7 Å². The summed E-state index contributed by atoms with van der Waals surface area (Å²) in [5, 5.41) is 9.53.